The van der Waals surface area contributed by atoms with Crippen LogP contribution in [0.4, 0.5) is 8.78 Å². The van der Waals surface area contributed by atoms with Crippen LogP contribution in [-0.2, 0) is 11.0 Å². The lowest BCUT2D eigenvalue weighted by Gasteiger charge is -2.13. The number of hydrogen-bond donors (Lipinski definition) is 0. The zero-order chi connectivity index (χ0) is 10.8. The van der Waals surface area contributed by atoms with E-state index in [1.54, 1.807) is 4.31 Å². The van der Waals surface area contributed by atoms with Crippen molar-refractivity contribution in [1.29, 1.82) is 0 Å². The summed E-state index contributed by atoms with van der Waals surface area (Å²) in [5, 5.41) is 0. The summed E-state index contributed by atoms with van der Waals surface area (Å²) in [5.74, 6) is -0.361. The SMILES string of the molecule is O=S(c1ccc(F)cc1)N1CC[C@@H](F)C1. The Balaban J connectivity index is 2.11. The molecule has 5 heteroatoms. The smallest absolute Gasteiger partial charge is 0.127 e. The minimum Gasteiger partial charge on any atom is -0.246 e. The molecule has 0 bridgehead atoms. The summed E-state index contributed by atoms with van der Waals surface area (Å²) in [5.41, 5.74) is 0. The first-order valence-electron chi connectivity index (χ1n) is 4.73. The fourth-order valence-corrected chi connectivity index (χ4v) is 2.77. The van der Waals surface area contributed by atoms with Gasteiger partial charge in [0, 0.05) is 13.1 Å². The summed E-state index contributed by atoms with van der Waals surface area (Å²) in [4.78, 5) is 0.519. The molecule has 1 heterocycles. The second kappa shape index (κ2) is 4.37. The Kier molecular flexibility index (Phi) is 3.11. The summed E-state index contributed by atoms with van der Waals surface area (Å²) >= 11 is 0. The normalized spacial score (nSPS) is 24.3. The van der Waals surface area contributed by atoms with Crippen molar-refractivity contribution in [3.05, 3.63) is 30.1 Å². The maximum Gasteiger partial charge on any atom is 0.127 e. The molecule has 2 nitrogen and oxygen atoms in total. The van der Waals surface area contributed by atoms with Crippen molar-refractivity contribution < 1.29 is 13.0 Å². The average molecular weight is 231 g/mol. The Morgan fingerprint density at radius 1 is 1.33 bits per heavy atom. The molecule has 0 N–H and O–H groups in total. The first kappa shape index (κ1) is 10.7. The number of halogens is 2. The van der Waals surface area contributed by atoms with Crippen LogP contribution in [0.2, 0.25) is 0 Å². The first-order chi connectivity index (χ1) is 7.16. The molecule has 0 saturated carbocycles. The number of nitrogens with zero attached hydrogens (tertiary/aromatic N) is 1. The lowest BCUT2D eigenvalue weighted by Crippen LogP contribution is -2.23. The second-order valence-electron chi connectivity index (χ2n) is 3.48. The zero-order valence-electron chi connectivity index (χ0n) is 8.03. The van der Waals surface area contributed by atoms with Gasteiger partial charge in [-0.3, -0.25) is 0 Å². The summed E-state index contributed by atoms with van der Waals surface area (Å²) < 4.78 is 38.9. The fraction of sp³-hybridized carbons (Fsp3) is 0.400. The predicted molar refractivity (Wildman–Crippen MR) is 53.9 cm³/mol. The van der Waals surface area contributed by atoms with E-state index in [2.05, 4.69) is 0 Å². The molecule has 1 aliphatic heterocycles. The number of benzene rings is 1. The van der Waals surface area contributed by atoms with Gasteiger partial charge >= 0.3 is 0 Å². The van der Waals surface area contributed by atoms with Crippen LogP contribution in [0.3, 0.4) is 0 Å². The van der Waals surface area contributed by atoms with E-state index >= 15 is 0 Å². The van der Waals surface area contributed by atoms with E-state index in [0.717, 1.165) is 0 Å². The van der Waals surface area contributed by atoms with Gasteiger partial charge in [0.1, 0.15) is 23.0 Å². The molecular formula is C10H11F2NOS. The van der Waals surface area contributed by atoms with Gasteiger partial charge < -0.3 is 0 Å². The van der Waals surface area contributed by atoms with Crippen LogP contribution in [0.15, 0.2) is 29.2 Å². The van der Waals surface area contributed by atoms with Gasteiger partial charge in [0.15, 0.2) is 0 Å². The molecule has 0 amide bonds. The Labute approximate surface area is 89.5 Å². The monoisotopic (exact) mass is 231 g/mol. The van der Waals surface area contributed by atoms with E-state index in [1.165, 1.54) is 24.3 Å². The molecule has 0 aliphatic carbocycles. The van der Waals surface area contributed by atoms with Crippen LogP contribution in [-0.4, -0.2) is 27.8 Å². The Morgan fingerprint density at radius 3 is 2.53 bits per heavy atom. The van der Waals surface area contributed by atoms with E-state index in [1.807, 2.05) is 0 Å². The highest BCUT2D eigenvalue weighted by Gasteiger charge is 2.26. The third-order valence-corrected chi connectivity index (χ3v) is 3.82. The molecule has 82 valence electrons. The molecule has 1 aromatic rings. The van der Waals surface area contributed by atoms with Crippen molar-refractivity contribution in [3.63, 3.8) is 0 Å². The molecule has 1 saturated heterocycles. The minimum atomic E-state index is -1.36. The Bertz CT molecular complexity index is 368. The average Bonchev–Trinajstić information content (AvgIpc) is 2.65. The van der Waals surface area contributed by atoms with E-state index in [0.29, 0.717) is 17.9 Å². The van der Waals surface area contributed by atoms with E-state index in [-0.39, 0.29) is 12.4 Å². The van der Waals surface area contributed by atoms with Crippen LogP contribution in [0.1, 0.15) is 6.42 Å². The molecular weight excluding hydrogens is 220 g/mol. The van der Waals surface area contributed by atoms with Gasteiger partial charge in [-0.25, -0.2) is 17.3 Å². The quantitative estimate of drug-likeness (QED) is 0.761. The summed E-state index contributed by atoms with van der Waals surface area (Å²) in [6.45, 7) is 0.690. The highest BCUT2D eigenvalue weighted by molar-refractivity contribution is 7.82. The van der Waals surface area contributed by atoms with Gasteiger partial charge in [-0.15, -0.1) is 0 Å². The first-order valence-corrected chi connectivity index (χ1v) is 5.84. The van der Waals surface area contributed by atoms with Gasteiger partial charge in [0.25, 0.3) is 0 Å². The maximum absolute atomic E-state index is 12.9. The third kappa shape index (κ3) is 2.41. The minimum absolute atomic E-state index is 0.198. The Morgan fingerprint density at radius 2 is 2.00 bits per heavy atom. The van der Waals surface area contributed by atoms with Crippen molar-refractivity contribution in [2.75, 3.05) is 13.1 Å². The molecule has 1 aliphatic rings. The van der Waals surface area contributed by atoms with Gasteiger partial charge in [0.2, 0.25) is 0 Å². The zero-order valence-corrected chi connectivity index (χ0v) is 8.84. The summed E-state index contributed by atoms with van der Waals surface area (Å²) in [6.07, 6.45) is -0.471. The lowest BCUT2D eigenvalue weighted by molar-refractivity contribution is 0.347. The van der Waals surface area contributed by atoms with Gasteiger partial charge in [-0.1, -0.05) is 0 Å². The van der Waals surface area contributed by atoms with Crippen LogP contribution in [0.5, 0.6) is 0 Å². The summed E-state index contributed by atoms with van der Waals surface area (Å²) in [7, 11) is -1.36. The van der Waals surface area contributed by atoms with Crippen molar-refractivity contribution in [1.82, 2.24) is 4.31 Å². The van der Waals surface area contributed by atoms with Gasteiger partial charge in [-0.2, -0.15) is 0 Å². The molecule has 0 spiro atoms. The van der Waals surface area contributed by atoms with E-state index in [4.69, 9.17) is 0 Å². The number of hydrogen-bond acceptors (Lipinski definition) is 1. The Hall–Kier alpha value is -0.810. The lowest BCUT2D eigenvalue weighted by atomic mass is 10.4. The summed E-state index contributed by atoms with van der Waals surface area (Å²) in [6, 6.07) is 5.46. The molecule has 1 aromatic carbocycles. The van der Waals surface area contributed by atoms with Gasteiger partial charge in [0.05, 0.1) is 4.90 Å². The van der Waals surface area contributed by atoms with Crippen LogP contribution < -0.4 is 0 Å². The van der Waals surface area contributed by atoms with E-state index in [9.17, 15) is 13.0 Å². The fourth-order valence-electron chi connectivity index (χ4n) is 1.54. The number of alkyl halides is 1. The molecule has 0 radical (unpaired) electrons. The third-order valence-electron chi connectivity index (χ3n) is 2.34. The molecule has 15 heavy (non-hydrogen) atoms. The van der Waals surface area contributed by atoms with Crippen LogP contribution in [0, 0.1) is 5.82 Å². The molecule has 1 fully saturated rings. The van der Waals surface area contributed by atoms with Crippen LogP contribution >= 0.6 is 0 Å². The predicted octanol–water partition coefficient (Wildman–Crippen LogP) is 1.89. The molecule has 1 unspecified atom stereocenters. The molecule has 0 aromatic heterocycles. The topological polar surface area (TPSA) is 20.3 Å². The van der Waals surface area contributed by atoms with Crippen molar-refractivity contribution in [2.45, 2.75) is 17.5 Å². The van der Waals surface area contributed by atoms with E-state index < -0.39 is 17.2 Å². The highest BCUT2D eigenvalue weighted by atomic mass is 32.2. The number of rotatable bonds is 2. The largest absolute Gasteiger partial charge is 0.246 e. The van der Waals surface area contributed by atoms with Crippen molar-refractivity contribution in [3.8, 4) is 0 Å². The highest BCUT2D eigenvalue weighted by Crippen LogP contribution is 2.19. The van der Waals surface area contributed by atoms with Crippen molar-refractivity contribution >= 4 is 11.0 Å². The maximum atomic E-state index is 12.9. The molecule has 2 atom stereocenters. The second-order valence-corrected chi connectivity index (χ2v) is 4.96. The van der Waals surface area contributed by atoms with Crippen LogP contribution in [0.25, 0.3) is 0 Å². The standard InChI is InChI=1S/C10H11F2NOS/c11-8-1-3-10(4-2-8)15(14)13-6-5-9(12)7-13/h1-4,9H,5-7H2/t9-,15?/m1/s1. The van der Waals surface area contributed by atoms with Gasteiger partial charge in [-0.05, 0) is 30.7 Å². The van der Waals surface area contributed by atoms with Crippen molar-refractivity contribution in [2.24, 2.45) is 0 Å². The molecule has 2 rings (SSSR count).